The van der Waals surface area contributed by atoms with E-state index in [4.69, 9.17) is 17.3 Å². The minimum atomic E-state index is -0.364. The van der Waals surface area contributed by atoms with Gasteiger partial charge in [0.2, 0.25) is 5.91 Å². The summed E-state index contributed by atoms with van der Waals surface area (Å²) in [6.45, 7) is 0. The standard InChI is InChI=1S/C14H18ClNO/c15-10-4-3-6-11-5-1-2-7-12(11)14(8-9-14)13(16)17/h1-2,5,7H,3-4,6,8-10H2,(H2,16,17). The average Bonchev–Trinajstić information content (AvgIpc) is 3.11. The summed E-state index contributed by atoms with van der Waals surface area (Å²) >= 11 is 5.69. The molecule has 1 saturated carbocycles. The monoisotopic (exact) mass is 251 g/mol. The van der Waals surface area contributed by atoms with Gasteiger partial charge in [0, 0.05) is 5.88 Å². The van der Waals surface area contributed by atoms with E-state index in [1.165, 1.54) is 5.56 Å². The number of nitrogens with two attached hydrogens (primary N) is 1. The fourth-order valence-electron chi connectivity index (χ4n) is 2.39. The molecule has 2 rings (SSSR count). The van der Waals surface area contributed by atoms with E-state index in [0.29, 0.717) is 5.88 Å². The van der Waals surface area contributed by atoms with E-state index in [2.05, 4.69) is 6.07 Å². The first-order valence-electron chi connectivity index (χ1n) is 6.15. The van der Waals surface area contributed by atoms with E-state index in [0.717, 1.165) is 37.7 Å². The van der Waals surface area contributed by atoms with Crippen molar-refractivity contribution in [1.82, 2.24) is 0 Å². The van der Waals surface area contributed by atoms with Crippen LogP contribution in [-0.4, -0.2) is 11.8 Å². The van der Waals surface area contributed by atoms with Crippen molar-refractivity contribution in [2.45, 2.75) is 37.5 Å². The zero-order chi connectivity index (χ0) is 12.3. The van der Waals surface area contributed by atoms with Crippen molar-refractivity contribution >= 4 is 17.5 Å². The molecule has 1 aliphatic carbocycles. The van der Waals surface area contributed by atoms with E-state index in [9.17, 15) is 4.79 Å². The quantitative estimate of drug-likeness (QED) is 0.613. The highest BCUT2D eigenvalue weighted by atomic mass is 35.5. The smallest absolute Gasteiger partial charge is 0.228 e. The first kappa shape index (κ1) is 12.4. The van der Waals surface area contributed by atoms with Crippen molar-refractivity contribution < 1.29 is 4.79 Å². The third kappa shape index (κ3) is 2.47. The largest absolute Gasteiger partial charge is 0.369 e. The lowest BCUT2D eigenvalue weighted by Crippen LogP contribution is -2.29. The van der Waals surface area contributed by atoms with Gasteiger partial charge in [-0.1, -0.05) is 24.3 Å². The van der Waals surface area contributed by atoms with Gasteiger partial charge in [-0.05, 0) is 43.2 Å². The zero-order valence-corrected chi connectivity index (χ0v) is 10.7. The second kappa shape index (κ2) is 5.09. The van der Waals surface area contributed by atoms with Crippen molar-refractivity contribution in [1.29, 1.82) is 0 Å². The van der Waals surface area contributed by atoms with Gasteiger partial charge < -0.3 is 5.73 Å². The third-order valence-corrected chi connectivity index (χ3v) is 3.85. The van der Waals surface area contributed by atoms with Gasteiger partial charge in [0.15, 0.2) is 0 Å². The lowest BCUT2D eigenvalue weighted by molar-refractivity contribution is -0.120. The van der Waals surface area contributed by atoms with Gasteiger partial charge in [0.1, 0.15) is 0 Å². The summed E-state index contributed by atoms with van der Waals surface area (Å²) in [5, 5.41) is 0. The molecule has 0 bridgehead atoms. The lowest BCUT2D eigenvalue weighted by atomic mass is 9.89. The summed E-state index contributed by atoms with van der Waals surface area (Å²) in [5.74, 6) is 0.519. The summed E-state index contributed by atoms with van der Waals surface area (Å²) < 4.78 is 0. The predicted molar refractivity (Wildman–Crippen MR) is 70.2 cm³/mol. The van der Waals surface area contributed by atoms with E-state index in [1.54, 1.807) is 0 Å². The second-order valence-corrected chi connectivity index (χ2v) is 5.13. The molecule has 0 radical (unpaired) electrons. The van der Waals surface area contributed by atoms with E-state index in [1.807, 2.05) is 18.2 Å². The number of hydrogen-bond donors (Lipinski definition) is 1. The lowest BCUT2D eigenvalue weighted by Gasteiger charge is -2.16. The molecule has 2 N–H and O–H groups in total. The molecule has 1 amide bonds. The first-order chi connectivity index (χ1) is 8.20. The SMILES string of the molecule is NC(=O)C1(c2ccccc2CCCCCl)CC1. The van der Waals surface area contributed by atoms with Crippen molar-refractivity contribution in [2.75, 3.05) is 5.88 Å². The molecular weight excluding hydrogens is 234 g/mol. The molecule has 3 heteroatoms. The number of alkyl halides is 1. The van der Waals surface area contributed by atoms with Crippen LogP contribution in [0.15, 0.2) is 24.3 Å². The van der Waals surface area contributed by atoms with Gasteiger partial charge in [0.25, 0.3) is 0 Å². The van der Waals surface area contributed by atoms with Gasteiger partial charge >= 0.3 is 0 Å². The van der Waals surface area contributed by atoms with Crippen LogP contribution in [0.2, 0.25) is 0 Å². The Kier molecular flexibility index (Phi) is 3.72. The van der Waals surface area contributed by atoms with Crippen LogP contribution in [0.1, 0.15) is 36.8 Å². The van der Waals surface area contributed by atoms with E-state index < -0.39 is 0 Å². The normalized spacial score (nSPS) is 16.8. The fraction of sp³-hybridized carbons (Fsp3) is 0.500. The van der Waals surface area contributed by atoms with E-state index >= 15 is 0 Å². The maximum Gasteiger partial charge on any atom is 0.228 e. The molecule has 0 aromatic heterocycles. The zero-order valence-electron chi connectivity index (χ0n) is 9.92. The van der Waals surface area contributed by atoms with Crippen molar-refractivity contribution in [3.8, 4) is 0 Å². The van der Waals surface area contributed by atoms with Gasteiger partial charge in [-0.25, -0.2) is 0 Å². The third-order valence-electron chi connectivity index (χ3n) is 3.58. The van der Waals surface area contributed by atoms with Gasteiger partial charge in [-0.15, -0.1) is 11.6 Å². The molecule has 0 spiro atoms. The Morgan fingerprint density at radius 1 is 1.29 bits per heavy atom. The van der Waals surface area contributed by atoms with Crippen LogP contribution in [0.25, 0.3) is 0 Å². The Bertz CT molecular complexity index is 412. The number of benzene rings is 1. The Balaban J connectivity index is 2.19. The Morgan fingerprint density at radius 2 is 2.00 bits per heavy atom. The van der Waals surface area contributed by atoms with Crippen molar-refractivity contribution in [2.24, 2.45) is 5.73 Å². The maximum absolute atomic E-state index is 11.6. The van der Waals surface area contributed by atoms with Crippen LogP contribution < -0.4 is 5.73 Å². The number of halogens is 1. The summed E-state index contributed by atoms with van der Waals surface area (Å²) in [7, 11) is 0. The second-order valence-electron chi connectivity index (χ2n) is 4.75. The molecule has 0 atom stereocenters. The molecule has 0 aliphatic heterocycles. The summed E-state index contributed by atoms with van der Waals surface area (Å²) in [6, 6.07) is 8.17. The molecule has 0 saturated heterocycles. The van der Waals surface area contributed by atoms with Crippen LogP contribution in [0.3, 0.4) is 0 Å². The van der Waals surface area contributed by atoms with Crippen LogP contribution in [0.5, 0.6) is 0 Å². The minimum Gasteiger partial charge on any atom is -0.369 e. The van der Waals surface area contributed by atoms with Gasteiger partial charge in [-0.3, -0.25) is 4.79 Å². The summed E-state index contributed by atoms with van der Waals surface area (Å²) in [5.41, 5.74) is 7.56. The Morgan fingerprint density at radius 3 is 2.59 bits per heavy atom. The molecule has 0 heterocycles. The molecule has 0 unspecified atom stereocenters. The first-order valence-corrected chi connectivity index (χ1v) is 6.68. The highest BCUT2D eigenvalue weighted by molar-refractivity contribution is 6.17. The number of carbonyl (C=O) groups is 1. The topological polar surface area (TPSA) is 43.1 Å². The molecule has 2 nitrogen and oxygen atoms in total. The summed E-state index contributed by atoms with van der Waals surface area (Å²) in [4.78, 5) is 11.6. The highest BCUT2D eigenvalue weighted by Crippen LogP contribution is 2.49. The van der Waals surface area contributed by atoms with Crippen LogP contribution in [0.4, 0.5) is 0 Å². The molecule has 17 heavy (non-hydrogen) atoms. The molecule has 1 aliphatic rings. The maximum atomic E-state index is 11.6. The van der Waals surface area contributed by atoms with Crippen molar-refractivity contribution in [3.05, 3.63) is 35.4 Å². The van der Waals surface area contributed by atoms with Crippen LogP contribution >= 0.6 is 11.6 Å². The van der Waals surface area contributed by atoms with Gasteiger partial charge in [-0.2, -0.15) is 0 Å². The summed E-state index contributed by atoms with van der Waals surface area (Å²) in [6.07, 6.45) is 4.86. The number of primary amides is 1. The number of carbonyl (C=O) groups excluding carboxylic acids is 1. The predicted octanol–water partition coefficient (Wildman–Crippen LogP) is 2.77. The highest BCUT2D eigenvalue weighted by Gasteiger charge is 2.50. The number of hydrogen-bond acceptors (Lipinski definition) is 1. The minimum absolute atomic E-state index is 0.178. The van der Waals surface area contributed by atoms with Crippen molar-refractivity contribution in [3.63, 3.8) is 0 Å². The molecular formula is C14H18ClNO. The number of aryl methyl sites for hydroxylation is 1. The number of rotatable bonds is 6. The molecule has 1 aromatic rings. The average molecular weight is 252 g/mol. The number of amides is 1. The van der Waals surface area contributed by atoms with Gasteiger partial charge in [0.05, 0.1) is 5.41 Å². The molecule has 1 aromatic carbocycles. The Labute approximate surface area is 107 Å². The van der Waals surface area contributed by atoms with E-state index in [-0.39, 0.29) is 11.3 Å². The Hall–Kier alpha value is -1.02. The molecule has 1 fully saturated rings. The van der Waals surface area contributed by atoms with Crippen LogP contribution in [0, 0.1) is 0 Å². The molecule has 92 valence electrons. The number of unbranched alkanes of at least 4 members (excludes halogenated alkanes) is 1. The fourth-order valence-corrected chi connectivity index (χ4v) is 2.58. The van der Waals surface area contributed by atoms with Crippen LogP contribution in [-0.2, 0) is 16.6 Å².